The molecule has 0 amide bonds. The molecular weight excluding hydrogens is 260 g/mol. The molecule has 0 radical (unpaired) electrons. The molecule has 0 aliphatic rings. The first-order valence-corrected chi connectivity index (χ1v) is 6.31. The lowest BCUT2D eigenvalue weighted by molar-refractivity contribution is 1.12. The van der Waals surface area contributed by atoms with E-state index in [0.29, 0.717) is 28.0 Å². The number of fused-ring (bicyclic) bond motifs is 1. The summed E-state index contributed by atoms with van der Waals surface area (Å²) in [5.74, 6) is 0. The highest BCUT2D eigenvalue weighted by Crippen LogP contribution is 2.14. The number of hydrogen-bond donors (Lipinski definition) is 0. The van der Waals surface area contributed by atoms with Crippen LogP contribution in [0.25, 0.3) is 17.1 Å². The Morgan fingerprint density at radius 3 is 2.79 bits per heavy atom. The van der Waals surface area contributed by atoms with Crippen LogP contribution in [0.1, 0.15) is 18.1 Å². The van der Waals surface area contributed by atoms with Crippen molar-refractivity contribution in [3.05, 3.63) is 63.6 Å². The van der Waals surface area contributed by atoms with Gasteiger partial charge in [-0.1, -0.05) is 43.3 Å². The quantitative estimate of drug-likeness (QED) is 0.804. The Bertz CT molecular complexity index is 723. The van der Waals surface area contributed by atoms with Crippen molar-refractivity contribution in [2.45, 2.75) is 13.3 Å². The highest BCUT2D eigenvalue weighted by Gasteiger charge is 2.08. The molecule has 0 saturated carbocycles. The van der Waals surface area contributed by atoms with Gasteiger partial charge in [0, 0.05) is 18.0 Å². The Kier molecular flexibility index (Phi) is 4.07. The fourth-order valence-electron chi connectivity index (χ4n) is 1.88. The highest BCUT2D eigenvalue weighted by atomic mass is 35.5. The molecule has 4 heteroatoms. The molecule has 0 aliphatic carbocycles. The van der Waals surface area contributed by atoms with Gasteiger partial charge in [-0.25, -0.2) is 9.97 Å². The summed E-state index contributed by atoms with van der Waals surface area (Å²) >= 11 is 5.90. The molecule has 2 aromatic rings. The van der Waals surface area contributed by atoms with Crippen LogP contribution in [0.2, 0.25) is 5.02 Å². The monoisotopic (exact) mass is 272 g/mol. The Labute approximate surface area is 116 Å². The van der Waals surface area contributed by atoms with Crippen molar-refractivity contribution in [2.75, 3.05) is 0 Å². The summed E-state index contributed by atoms with van der Waals surface area (Å²) in [5, 5.41) is 0.880. The van der Waals surface area contributed by atoms with E-state index in [1.165, 1.54) is 6.20 Å². The summed E-state index contributed by atoms with van der Waals surface area (Å²) in [4.78, 5) is 20.8. The van der Waals surface area contributed by atoms with E-state index in [2.05, 4.69) is 16.5 Å². The molecule has 0 fully saturated rings. The van der Waals surface area contributed by atoms with Crippen LogP contribution in [-0.2, 0) is 6.42 Å². The molecule has 0 unspecified atom stereocenters. The van der Waals surface area contributed by atoms with E-state index in [9.17, 15) is 4.79 Å². The molecule has 0 saturated heterocycles. The first-order valence-electron chi connectivity index (χ1n) is 5.94. The van der Waals surface area contributed by atoms with Gasteiger partial charge in [-0.3, -0.25) is 4.79 Å². The zero-order valence-electron chi connectivity index (χ0n) is 10.6. The lowest BCUT2D eigenvalue weighted by Crippen LogP contribution is -2.07. The minimum Gasteiger partial charge on any atom is -0.289 e. The molecule has 0 aromatic carbocycles. The Morgan fingerprint density at radius 1 is 1.37 bits per heavy atom. The molecule has 3 nitrogen and oxygen atoms in total. The molecule has 2 heterocycles. The maximum atomic E-state index is 12.5. The number of pyridine rings is 1. The van der Waals surface area contributed by atoms with Crippen molar-refractivity contribution >= 4 is 28.7 Å². The third-order valence-corrected chi connectivity index (χ3v) is 3.00. The van der Waals surface area contributed by atoms with Gasteiger partial charge in [0.15, 0.2) is 11.1 Å². The summed E-state index contributed by atoms with van der Waals surface area (Å²) in [7, 11) is 0. The molecule has 0 aliphatic heterocycles. The van der Waals surface area contributed by atoms with Crippen LogP contribution in [-0.4, -0.2) is 9.97 Å². The standard InChI is InChI=1S/C15H13ClN2O/c1-3-5-6-10-8-17-15-13(7-11(16)9-18-15)14(19)12(10)4-2/h3,5-9H,1,4H2,2H3/b6-5-. The fourth-order valence-corrected chi connectivity index (χ4v) is 2.04. The van der Waals surface area contributed by atoms with Crippen molar-refractivity contribution in [1.29, 1.82) is 0 Å². The topological polar surface area (TPSA) is 42.9 Å². The third kappa shape index (κ3) is 2.71. The van der Waals surface area contributed by atoms with Crippen LogP contribution in [0.4, 0.5) is 0 Å². The number of nitrogens with zero attached hydrogens (tertiary/aromatic N) is 2. The van der Waals surface area contributed by atoms with Crippen molar-refractivity contribution < 1.29 is 0 Å². The average molecular weight is 273 g/mol. The summed E-state index contributed by atoms with van der Waals surface area (Å²) < 4.78 is 0. The van der Waals surface area contributed by atoms with E-state index in [1.54, 1.807) is 24.4 Å². The van der Waals surface area contributed by atoms with Crippen LogP contribution in [0.3, 0.4) is 0 Å². The molecule has 0 bridgehead atoms. The van der Waals surface area contributed by atoms with Gasteiger partial charge in [-0.2, -0.15) is 0 Å². The second kappa shape index (κ2) is 5.76. The van der Waals surface area contributed by atoms with E-state index in [-0.39, 0.29) is 5.43 Å². The summed E-state index contributed by atoms with van der Waals surface area (Å²) in [6, 6.07) is 1.61. The second-order valence-electron chi connectivity index (χ2n) is 3.99. The first-order chi connectivity index (χ1) is 9.17. The number of allylic oxidation sites excluding steroid dienone is 2. The lowest BCUT2D eigenvalue weighted by atomic mass is 10.1. The fraction of sp³-hybridized carbons (Fsp3) is 0.133. The predicted molar refractivity (Wildman–Crippen MR) is 79.4 cm³/mol. The maximum Gasteiger partial charge on any atom is 0.193 e. The summed E-state index contributed by atoms with van der Waals surface area (Å²) in [6.07, 6.45) is 9.02. The molecular formula is C15H13ClN2O. The van der Waals surface area contributed by atoms with E-state index in [0.717, 1.165) is 5.56 Å². The van der Waals surface area contributed by atoms with Gasteiger partial charge in [-0.15, -0.1) is 0 Å². The number of aromatic nitrogens is 2. The van der Waals surface area contributed by atoms with E-state index in [1.807, 2.05) is 13.0 Å². The van der Waals surface area contributed by atoms with Gasteiger partial charge in [-0.05, 0) is 18.1 Å². The van der Waals surface area contributed by atoms with Crippen LogP contribution >= 0.6 is 11.6 Å². The van der Waals surface area contributed by atoms with E-state index < -0.39 is 0 Å². The maximum absolute atomic E-state index is 12.5. The molecule has 19 heavy (non-hydrogen) atoms. The Balaban J connectivity index is 2.88. The molecule has 96 valence electrons. The number of rotatable bonds is 3. The minimum absolute atomic E-state index is 0.0753. The predicted octanol–water partition coefficient (Wildman–Crippen LogP) is 3.41. The summed E-state index contributed by atoms with van der Waals surface area (Å²) in [5.41, 5.74) is 1.81. The lowest BCUT2D eigenvalue weighted by Gasteiger charge is -1.96. The number of hydrogen-bond acceptors (Lipinski definition) is 3. The van der Waals surface area contributed by atoms with Crippen molar-refractivity contribution in [3.8, 4) is 0 Å². The van der Waals surface area contributed by atoms with Crippen molar-refractivity contribution in [1.82, 2.24) is 9.97 Å². The van der Waals surface area contributed by atoms with Gasteiger partial charge in [0.2, 0.25) is 0 Å². The van der Waals surface area contributed by atoms with Crippen LogP contribution < -0.4 is 5.43 Å². The van der Waals surface area contributed by atoms with Gasteiger partial charge < -0.3 is 0 Å². The molecule has 0 atom stereocenters. The smallest absolute Gasteiger partial charge is 0.193 e. The van der Waals surface area contributed by atoms with Crippen molar-refractivity contribution in [2.24, 2.45) is 0 Å². The van der Waals surface area contributed by atoms with Crippen molar-refractivity contribution in [3.63, 3.8) is 0 Å². The average Bonchev–Trinajstić information content (AvgIpc) is 2.54. The normalized spacial score (nSPS) is 11.1. The molecule has 2 aromatic heterocycles. The van der Waals surface area contributed by atoms with Crippen LogP contribution in [0.15, 0.2) is 42.0 Å². The van der Waals surface area contributed by atoms with Gasteiger partial charge in [0.05, 0.1) is 10.4 Å². The largest absolute Gasteiger partial charge is 0.289 e. The Hall–Kier alpha value is -2.00. The zero-order chi connectivity index (χ0) is 13.8. The van der Waals surface area contributed by atoms with Crippen LogP contribution in [0, 0.1) is 0 Å². The SMILES string of the molecule is C=C/C=C\c1cnc2ncc(Cl)cc2c(=O)c1CC. The van der Waals surface area contributed by atoms with Gasteiger partial charge in [0.25, 0.3) is 0 Å². The highest BCUT2D eigenvalue weighted by molar-refractivity contribution is 6.31. The third-order valence-electron chi connectivity index (χ3n) is 2.79. The first kappa shape index (κ1) is 13.4. The minimum atomic E-state index is -0.0753. The number of halogens is 1. The zero-order valence-corrected chi connectivity index (χ0v) is 11.3. The molecule has 2 rings (SSSR count). The van der Waals surface area contributed by atoms with E-state index in [4.69, 9.17) is 11.6 Å². The van der Waals surface area contributed by atoms with Crippen LogP contribution in [0.5, 0.6) is 0 Å². The van der Waals surface area contributed by atoms with Gasteiger partial charge in [0.1, 0.15) is 0 Å². The molecule has 0 N–H and O–H groups in total. The molecule has 0 spiro atoms. The Morgan fingerprint density at radius 2 is 2.11 bits per heavy atom. The second-order valence-corrected chi connectivity index (χ2v) is 4.43. The summed E-state index contributed by atoms with van der Waals surface area (Å²) in [6.45, 7) is 5.56. The van der Waals surface area contributed by atoms with E-state index >= 15 is 0 Å². The van der Waals surface area contributed by atoms with Gasteiger partial charge >= 0.3 is 0 Å².